The van der Waals surface area contributed by atoms with Gasteiger partial charge < -0.3 is 5.32 Å². The Morgan fingerprint density at radius 3 is 2.60 bits per heavy atom. The maximum atomic E-state index is 3.23. The van der Waals surface area contributed by atoms with Crippen LogP contribution in [-0.4, -0.2) is 13.6 Å². The van der Waals surface area contributed by atoms with Crippen molar-refractivity contribution in [1.29, 1.82) is 0 Å². The summed E-state index contributed by atoms with van der Waals surface area (Å²) >= 11 is 0. The van der Waals surface area contributed by atoms with Crippen LogP contribution in [0.3, 0.4) is 0 Å². The van der Waals surface area contributed by atoms with E-state index >= 15 is 0 Å². The van der Waals surface area contributed by atoms with Crippen LogP contribution in [-0.2, 0) is 0 Å². The molecule has 1 nitrogen and oxygen atoms in total. The molecule has 0 aromatic carbocycles. The van der Waals surface area contributed by atoms with E-state index in [0.29, 0.717) is 0 Å². The van der Waals surface area contributed by atoms with Crippen LogP contribution >= 0.6 is 0 Å². The van der Waals surface area contributed by atoms with E-state index in [9.17, 15) is 0 Å². The van der Waals surface area contributed by atoms with Crippen molar-refractivity contribution >= 4 is 0 Å². The summed E-state index contributed by atoms with van der Waals surface area (Å²) in [5.41, 5.74) is 0. The van der Waals surface area contributed by atoms with E-state index in [1.54, 1.807) is 12.8 Å². The molecule has 2 fully saturated rings. The molecule has 0 aromatic rings. The highest BCUT2D eigenvalue weighted by Crippen LogP contribution is 2.58. The first kappa shape index (κ1) is 6.66. The maximum Gasteiger partial charge on any atom is -0.00491 e. The molecule has 1 N–H and O–H groups in total. The van der Waals surface area contributed by atoms with Crippen LogP contribution in [0.25, 0.3) is 0 Å². The molecule has 1 heteroatoms. The zero-order valence-corrected chi connectivity index (χ0v) is 6.77. The van der Waals surface area contributed by atoms with E-state index in [1.807, 2.05) is 0 Å². The summed E-state index contributed by atoms with van der Waals surface area (Å²) in [7, 11) is 2.05. The predicted octanol–water partition coefficient (Wildman–Crippen LogP) is 1.64. The smallest absolute Gasteiger partial charge is 0.00491 e. The monoisotopic (exact) mass is 139 g/mol. The summed E-state index contributed by atoms with van der Waals surface area (Å²) in [6.07, 6.45) is 6.04. The van der Waals surface area contributed by atoms with E-state index in [1.165, 1.54) is 19.4 Å². The largest absolute Gasteiger partial charge is 0.320 e. The second-order valence-corrected chi connectivity index (χ2v) is 3.81. The fourth-order valence-corrected chi connectivity index (χ4v) is 2.71. The quantitative estimate of drug-likeness (QED) is 0.627. The summed E-state index contributed by atoms with van der Waals surface area (Å²) in [5, 5.41) is 3.23. The van der Waals surface area contributed by atoms with Gasteiger partial charge in [0.05, 0.1) is 0 Å². The molecule has 0 aliphatic heterocycles. The number of fused-ring (bicyclic) bond motifs is 1. The van der Waals surface area contributed by atoms with Gasteiger partial charge in [0.25, 0.3) is 0 Å². The molecule has 58 valence electrons. The van der Waals surface area contributed by atoms with Crippen LogP contribution in [0, 0.1) is 17.8 Å². The van der Waals surface area contributed by atoms with Crippen LogP contribution in [0.4, 0.5) is 0 Å². The van der Waals surface area contributed by atoms with E-state index in [4.69, 9.17) is 0 Å². The van der Waals surface area contributed by atoms with Crippen LogP contribution in [0.15, 0.2) is 0 Å². The molecule has 0 bridgehead atoms. The molecular formula is C9H17N. The van der Waals surface area contributed by atoms with E-state index < -0.39 is 0 Å². The van der Waals surface area contributed by atoms with Gasteiger partial charge in [-0.3, -0.25) is 0 Å². The summed E-state index contributed by atoms with van der Waals surface area (Å²) < 4.78 is 0. The van der Waals surface area contributed by atoms with Gasteiger partial charge in [-0.15, -0.1) is 0 Å². The minimum atomic E-state index is 1.13. The molecule has 0 radical (unpaired) electrons. The summed E-state index contributed by atoms with van der Waals surface area (Å²) in [4.78, 5) is 0. The Hall–Kier alpha value is -0.0400. The lowest BCUT2D eigenvalue weighted by molar-refractivity contribution is 0.538. The van der Waals surface area contributed by atoms with Gasteiger partial charge in [0.15, 0.2) is 0 Å². The number of hydrogen-bond donors (Lipinski definition) is 1. The van der Waals surface area contributed by atoms with Gasteiger partial charge in [0, 0.05) is 0 Å². The molecule has 2 atom stereocenters. The van der Waals surface area contributed by atoms with Gasteiger partial charge in [-0.1, -0.05) is 6.42 Å². The molecule has 0 aromatic heterocycles. The van der Waals surface area contributed by atoms with Crippen molar-refractivity contribution in [2.24, 2.45) is 17.8 Å². The molecule has 0 heterocycles. The maximum absolute atomic E-state index is 3.23. The zero-order valence-electron chi connectivity index (χ0n) is 6.77. The average molecular weight is 139 g/mol. The standard InChI is InChI=1S/C9H17N/c1-10-6-5-9-7-3-2-4-8(7)9/h7-10H,2-6H2,1H3. The lowest BCUT2D eigenvalue weighted by atomic mass is 10.1. The van der Waals surface area contributed by atoms with Gasteiger partial charge in [0.2, 0.25) is 0 Å². The Balaban J connectivity index is 1.69. The highest BCUT2D eigenvalue weighted by molar-refractivity contribution is 5.00. The normalized spacial score (nSPS) is 43.5. The van der Waals surface area contributed by atoms with E-state index in [-0.39, 0.29) is 0 Å². The third kappa shape index (κ3) is 0.968. The third-order valence-electron chi connectivity index (χ3n) is 3.31. The number of rotatable bonds is 3. The minimum absolute atomic E-state index is 1.13. The second kappa shape index (κ2) is 2.54. The summed E-state index contributed by atoms with van der Waals surface area (Å²) in [5.74, 6) is 3.45. The second-order valence-electron chi connectivity index (χ2n) is 3.81. The van der Waals surface area contributed by atoms with Gasteiger partial charge in [0.1, 0.15) is 0 Å². The SMILES string of the molecule is CNCCC1C2CCCC21. The minimum Gasteiger partial charge on any atom is -0.320 e. The highest BCUT2D eigenvalue weighted by Gasteiger charge is 2.51. The molecule has 10 heavy (non-hydrogen) atoms. The van der Waals surface area contributed by atoms with Crippen molar-refractivity contribution in [2.45, 2.75) is 25.7 Å². The zero-order chi connectivity index (χ0) is 6.97. The van der Waals surface area contributed by atoms with Crippen molar-refractivity contribution in [3.05, 3.63) is 0 Å². The molecule has 2 aliphatic carbocycles. The Kier molecular flexibility index (Phi) is 1.69. The van der Waals surface area contributed by atoms with Gasteiger partial charge in [-0.25, -0.2) is 0 Å². The number of hydrogen-bond acceptors (Lipinski definition) is 1. The van der Waals surface area contributed by atoms with Crippen molar-refractivity contribution in [2.75, 3.05) is 13.6 Å². The Labute approximate surface area is 63.2 Å². The Morgan fingerprint density at radius 2 is 2.00 bits per heavy atom. The third-order valence-corrected chi connectivity index (χ3v) is 3.31. The first-order valence-corrected chi connectivity index (χ1v) is 4.58. The topological polar surface area (TPSA) is 12.0 Å². The molecule has 0 saturated heterocycles. The molecule has 2 rings (SSSR count). The predicted molar refractivity (Wildman–Crippen MR) is 42.9 cm³/mol. The molecule has 2 saturated carbocycles. The van der Waals surface area contributed by atoms with Crippen LogP contribution < -0.4 is 5.32 Å². The lowest BCUT2D eigenvalue weighted by Crippen LogP contribution is -2.09. The van der Waals surface area contributed by atoms with Gasteiger partial charge in [-0.2, -0.15) is 0 Å². The van der Waals surface area contributed by atoms with Crippen LogP contribution in [0.1, 0.15) is 25.7 Å². The molecule has 2 aliphatic rings. The Morgan fingerprint density at radius 1 is 1.30 bits per heavy atom. The molecular weight excluding hydrogens is 122 g/mol. The van der Waals surface area contributed by atoms with Crippen molar-refractivity contribution in [1.82, 2.24) is 5.32 Å². The van der Waals surface area contributed by atoms with E-state index in [0.717, 1.165) is 17.8 Å². The number of nitrogens with one attached hydrogen (secondary N) is 1. The summed E-state index contributed by atoms with van der Waals surface area (Å²) in [6.45, 7) is 1.23. The lowest BCUT2D eigenvalue weighted by Gasteiger charge is -2.00. The fraction of sp³-hybridized carbons (Fsp3) is 1.00. The first-order valence-electron chi connectivity index (χ1n) is 4.58. The highest BCUT2D eigenvalue weighted by atomic mass is 14.8. The first-order chi connectivity index (χ1) is 4.93. The molecule has 2 unspecified atom stereocenters. The average Bonchev–Trinajstić information content (AvgIpc) is 2.46. The van der Waals surface area contributed by atoms with Crippen LogP contribution in [0.2, 0.25) is 0 Å². The van der Waals surface area contributed by atoms with Gasteiger partial charge in [-0.05, 0) is 50.6 Å². The van der Waals surface area contributed by atoms with Gasteiger partial charge >= 0.3 is 0 Å². The fourth-order valence-electron chi connectivity index (χ4n) is 2.71. The Bertz CT molecular complexity index is 112. The summed E-state index contributed by atoms with van der Waals surface area (Å²) in [6, 6.07) is 0. The van der Waals surface area contributed by atoms with Crippen molar-refractivity contribution in [3.63, 3.8) is 0 Å². The van der Waals surface area contributed by atoms with Crippen molar-refractivity contribution < 1.29 is 0 Å². The molecule has 0 spiro atoms. The van der Waals surface area contributed by atoms with E-state index in [2.05, 4.69) is 12.4 Å². The van der Waals surface area contributed by atoms with Crippen LogP contribution in [0.5, 0.6) is 0 Å². The van der Waals surface area contributed by atoms with Crippen molar-refractivity contribution in [3.8, 4) is 0 Å². The molecule has 0 amide bonds.